The van der Waals surface area contributed by atoms with E-state index in [-0.39, 0.29) is 11.7 Å². The quantitative estimate of drug-likeness (QED) is 0.737. The highest BCUT2D eigenvalue weighted by atomic mass is 16.6. The second kappa shape index (κ2) is 4.71. The minimum atomic E-state index is -0.293. The highest BCUT2D eigenvalue weighted by molar-refractivity contribution is 5.70. The van der Waals surface area contributed by atoms with E-state index in [0.717, 1.165) is 31.6 Å². The zero-order chi connectivity index (χ0) is 14.2. The van der Waals surface area contributed by atoms with E-state index in [4.69, 9.17) is 11.3 Å². The molecule has 0 bridgehead atoms. The van der Waals surface area contributed by atoms with Gasteiger partial charge >= 0.3 is 6.09 Å². The Morgan fingerprint density at radius 1 is 1.25 bits per heavy atom. The van der Waals surface area contributed by atoms with Gasteiger partial charge in [0.15, 0.2) is 5.69 Å². The third kappa shape index (κ3) is 2.18. The van der Waals surface area contributed by atoms with E-state index in [1.807, 2.05) is 24.3 Å². The topological polar surface area (TPSA) is 37.1 Å². The first-order valence-electron chi connectivity index (χ1n) is 6.78. The summed E-state index contributed by atoms with van der Waals surface area (Å²) in [5, 5.41) is 0. The molecule has 3 rings (SSSR count). The summed E-state index contributed by atoms with van der Waals surface area (Å²) in [5.41, 5.74) is 1.50. The SMILES string of the molecule is [C-]#[N+]c1ccc(N2CCC3(CC2)CN(C)C(=O)O3)cc1. The van der Waals surface area contributed by atoms with Gasteiger partial charge in [0.25, 0.3) is 0 Å². The third-order valence-corrected chi connectivity index (χ3v) is 4.16. The maximum absolute atomic E-state index is 11.5. The molecule has 2 aliphatic heterocycles. The fourth-order valence-corrected chi connectivity index (χ4v) is 2.96. The normalized spacial score (nSPS) is 20.9. The largest absolute Gasteiger partial charge is 0.441 e. The number of ether oxygens (including phenoxy) is 1. The smallest absolute Gasteiger partial charge is 0.410 e. The van der Waals surface area contributed by atoms with Gasteiger partial charge in [-0.2, -0.15) is 0 Å². The number of nitrogens with zero attached hydrogens (tertiary/aromatic N) is 3. The molecule has 2 saturated heterocycles. The first kappa shape index (κ1) is 12.8. The average Bonchev–Trinajstić information content (AvgIpc) is 2.74. The van der Waals surface area contributed by atoms with Crippen molar-refractivity contribution in [2.24, 2.45) is 0 Å². The van der Waals surface area contributed by atoms with Gasteiger partial charge < -0.3 is 14.5 Å². The van der Waals surface area contributed by atoms with Crippen LogP contribution in [-0.4, -0.2) is 43.3 Å². The van der Waals surface area contributed by atoms with Gasteiger partial charge in [-0.25, -0.2) is 9.64 Å². The van der Waals surface area contributed by atoms with Gasteiger partial charge in [0, 0.05) is 38.7 Å². The van der Waals surface area contributed by atoms with Crippen LogP contribution in [0.3, 0.4) is 0 Å². The predicted molar refractivity (Wildman–Crippen MR) is 76.0 cm³/mol. The van der Waals surface area contributed by atoms with Crippen molar-refractivity contribution >= 4 is 17.5 Å². The van der Waals surface area contributed by atoms with Gasteiger partial charge in [-0.1, -0.05) is 12.1 Å². The maximum Gasteiger partial charge on any atom is 0.410 e. The Labute approximate surface area is 118 Å². The molecule has 2 heterocycles. The van der Waals surface area contributed by atoms with Crippen molar-refractivity contribution in [3.8, 4) is 0 Å². The molecule has 2 fully saturated rings. The zero-order valence-corrected chi connectivity index (χ0v) is 11.5. The summed E-state index contributed by atoms with van der Waals surface area (Å²) in [7, 11) is 1.78. The Morgan fingerprint density at radius 2 is 1.90 bits per heavy atom. The molecule has 1 aromatic rings. The highest BCUT2D eigenvalue weighted by Crippen LogP contribution is 2.34. The molecule has 0 aromatic heterocycles. The summed E-state index contributed by atoms with van der Waals surface area (Å²) in [6, 6.07) is 7.66. The number of benzene rings is 1. The fraction of sp³-hybridized carbons (Fsp3) is 0.467. The van der Waals surface area contributed by atoms with E-state index in [1.165, 1.54) is 0 Å². The number of hydrogen-bond acceptors (Lipinski definition) is 3. The van der Waals surface area contributed by atoms with E-state index < -0.39 is 0 Å². The molecular weight excluding hydrogens is 254 g/mol. The van der Waals surface area contributed by atoms with E-state index in [0.29, 0.717) is 12.2 Å². The van der Waals surface area contributed by atoms with Crippen molar-refractivity contribution in [2.45, 2.75) is 18.4 Å². The second-order valence-corrected chi connectivity index (χ2v) is 5.52. The Balaban J connectivity index is 1.66. The lowest BCUT2D eigenvalue weighted by molar-refractivity contribution is 0.0367. The molecule has 0 aliphatic carbocycles. The predicted octanol–water partition coefficient (Wildman–Crippen LogP) is 2.66. The van der Waals surface area contributed by atoms with Gasteiger partial charge in [0.2, 0.25) is 0 Å². The molecule has 104 valence electrons. The van der Waals surface area contributed by atoms with E-state index in [9.17, 15) is 4.79 Å². The molecule has 1 aromatic carbocycles. The Bertz CT molecular complexity index is 553. The lowest BCUT2D eigenvalue weighted by Gasteiger charge is -2.38. The summed E-state index contributed by atoms with van der Waals surface area (Å²) in [6.07, 6.45) is 1.50. The molecule has 0 N–H and O–H groups in total. The minimum Gasteiger partial charge on any atom is -0.441 e. The number of anilines is 1. The molecule has 1 spiro atoms. The molecular formula is C15H17N3O2. The summed E-state index contributed by atoms with van der Waals surface area (Å²) in [4.78, 5) is 18.9. The average molecular weight is 271 g/mol. The highest BCUT2D eigenvalue weighted by Gasteiger charge is 2.45. The monoisotopic (exact) mass is 271 g/mol. The zero-order valence-electron chi connectivity index (χ0n) is 11.5. The number of carbonyl (C=O) groups is 1. The molecule has 2 aliphatic rings. The van der Waals surface area contributed by atoms with Crippen molar-refractivity contribution in [3.63, 3.8) is 0 Å². The van der Waals surface area contributed by atoms with Crippen LogP contribution >= 0.6 is 0 Å². The Morgan fingerprint density at radius 3 is 2.40 bits per heavy atom. The summed E-state index contributed by atoms with van der Waals surface area (Å²) < 4.78 is 5.54. The van der Waals surface area contributed by atoms with Crippen LogP contribution in [0.25, 0.3) is 4.85 Å². The van der Waals surface area contributed by atoms with Gasteiger partial charge in [-0.3, -0.25) is 0 Å². The van der Waals surface area contributed by atoms with Crippen molar-refractivity contribution in [1.82, 2.24) is 4.90 Å². The number of amides is 1. The van der Waals surface area contributed by atoms with Gasteiger partial charge in [-0.05, 0) is 12.1 Å². The minimum absolute atomic E-state index is 0.208. The lowest BCUT2D eigenvalue weighted by Crippen LogP contribution is -2.46. The van der Waals surface area contributed by atoms with Crippen LogP contribution < -0.4 is 4.90 Å². The number of carbonyl (C=O) groups excluding carboxylic acids is 1. The number of rotatable bonds is 1. The molecule has 0 atom stereocenters. The number of piperidine rings is 1. The first-order valence-corrected chi connectivity index (χ1v) is 6.78. The van der Waals surface area contributed by atoms with Crippen molar-refractivity contribution in [3.05, 3.63) is 35.7 Å². The number of likely N-dealkylation sites (N-methyl/N-ethyl adjacent to an activating group) is 1. The van der Waals surface area contributed by atoms with Crippen LogP contribution in [0.4, 0.5) is 16.2 Å². The van der Waals surface area contributed by atoms with Gasteiger partial charge in [0.05, 0.1) is 13.1 Å². The van der Waals surface area contributed by atoms with E-state index >= 15 is 0 Å². The standard InChI is InChI=1S/C15H17N3O2/c1-16-12-3-5-13(6-4-12)18-9-7-15(8-10-18)11-17(2)14(19)20-15/h3-6H,7-11H2,2H3. The van der Waals surface area contributed by atoms with E-state index in [1.54, 1.807) is 11.9 Å². The van der Waals surface area contributed by atoms with Gasteiger partial charge in [0.1, 0.15) is 5.60 Å². The third-order valence-electron chi connectivity index (χ3n) is 4.16. The first-order chi connectivity index (χ1) is 9.62. The second-order valence-electron chi connectivity index (χ2n) is 5.52. The molecule has 0 radical (unpaired) electrons. The molecule has 5 nitrogen and oxygen atoms in total. The summed E-state index contributed by atoms with van der Waals surface area (Å²) >= 11 is 0. The van der Waals surface area contributed by atoms with Crippen molar-refractivity contribution in [2.75, 3.05) is 31.6 Å². The van der Waals surface area contributed by atoms with Crippen LogP contribution in [0.15, 0.2) is 24.3 Å². The molecule has 20 heavy (non-hydrogen) atoms. The van der Waals surface area contributed by atoms with Crippen molar-refractivity contribution < 1.29 is 9.53 Å². The molecule has 5 heteroatoms. The Hall–Kier alpha value is -2.22. The van der Waals surface area contributed by atoms with Crippen LogP contribution in [0.1, 0.15) is 12.8 Å². The van der Waals surface area contributed by atoms with E-state index in [2.05, 4.69) is 9.74 Å². The summed E-state index contributed by atoms with van der Waals surface area (Å²) in [5.74, 6) is 0. The lowest BCUT2D eigenvalue weighted by atomic mass is 9.91. The van der Waals surface area contributed by atoms with Crippen molar-refractivity contribution in [1.29, 1.82) is 0 Å². The summed E-state index contributed by atoms with van der Waals surface area (Å²) in [6.45, 7) is 9.40. The van der Waals surface area contributed by atoms with Crippen LogP contribution in [-0.2, 0) is 4.74 Å². The number of hydrogen-bond donors (Lipinski definition) is 0. The van der Waals surface area contributed by atoms with Crippen LogP contribution in [0, 0.1) is 6.57 Å². The van der Waals surface area contributed by atoms with Gasteiger partial charge in [-0.15, -0.1) is 0 Å². The van der Waals surface area contributed by atoms with Crippen LogP contribution in [0.5, 0.6) is 0 Å². The van der Waals surface area contributed by atoms with Crippen LogP contribution in [0.2, 0.25) is 0 Å². The fourth-order valence-electron chi connectivity index (χ4n) is 2.96. The molecule has 0 unspecified atom stereocenters. The molecule has 1 amide bonds. The Kier molecular flexibility index (Phi) is 3.01. The maximum atomic E-state index is 11.5. The molecule has 0 saturated carbocycles.